The maximum atomic E-state index is 13.9. The lowest BCUT2D eigenvalue weighted by molar-refractivity contribution is -0.0907. The van der Waals surface area contributed by atoms with Crippen LogP contribution in [0.2, 0.25) is 0 Å². The van der Waals surface area contributed by atoms with Crippen LogP contribution in [0.4, 0.5) is 9.59 Å². The predicted octanol–water partition coefficient (Wildman–Crippen LogP) is 3.82. The molecule has 0 bridgehead atoms. The average Bonchev–Trinajstić information content (AvgIpc) is 3.82. The molecular formula is C36H51N3O12S. The van der Waals surface area contributed by atoms with Gasteiger partial charge < -0.3 is 48.9 Å². The summed E-state index contributed by atoms with van der Waals surface area (Å²) in [5, 5.41) is 17.2. The van der Waals surface area contributed by atoms with Crippen LogP contribution < -0.4 is 24.8 Å². The Balaban J connectivity index is 1.25. The molecule has 3 heterocycles. The lowest BCUT2D eigenvalue weighted by atomic mass is 10.0. The SMILES string of the molecule is CC(C)CN(CC(O)C(Cc1ccc(OCCCNC(=O)OC(C)(C)C)cc1)NC(=O)OC1COC2OCCC12)S(=O)(=O)c1ccc2c(c1)OCO2. The van der Waals surface area contributed by atoms with E-state index in [0.29, 0.717) is 49.8 Å². The first kappa shape index (κ1) is 39.4. The van der Waals surface area contributed by atoms with Gasteiger partial charge in [-0.25, -0.2) is 18.0 Å². The third-order valence-electron chi connectivity index (χ3n) is 8.59. The number of sulfonamides is 1. The van der Waals surface area contributed by atoms with Crippen molar-refractivity contribution < 1.29 is 56.3 Å². The van der Waals surface area contributed by atoms with Gasteiger partial charge in [-0.2, -0.15) is 4.31 Å². The molecule has 5 unspecified atom stereocenters. The lowest BCUT2D eigenvalue weighted by Gasteiger charge is -2.31. The Kier molecular flexibility index (Phi) is 13.1. The molecule has 2 aromatic rings. The smallest absolute Gasteiger partial charge is 0.407 e. The lowest BCUT2D eigenvalue weighted by Crippen LogP contribution is -2.51. The van der Waals surface area contributed by atoms with Crippen molar-refractivity contribution >= 4 is 22.2 Å². The quantitative estimate of drug-likeness (QED) is 0.212. The molecule has 2 saturated heterocycles. The van der Waals surface area contributed by atoms with Crippen molar-refractivity contribution in [2.45, 2.75) is 88.9 Å². The van der Waals surface area contributed by atoms with Crippen LogP contribution in [0.15, 0.2) is 47.4 Å². The fraction of sp³-hybridized carbons (Fsp3) is 0.611. The van der Waals surface area contributed by atoms with E-state index >= 15 is 0 Å². The van der Waals surface area contributed by atoms with Gasteiger partial charge in [0, 0.05) is 25.7 Å². The first-order valence-corrected chi connectivity index (χ1v) is 19.1. The number of hydrogen-bond acceptors (Lipinski definition) is 12. The van der Waals surface area contributed by atoms with E-state index in [1.807, 2.05) is 26.0 Å². The van der Waals surface area contributed by atoms with Gasteiger partial charge in [0.1, 0.15) is 17.5 Å². The summed E-state index contributed by atoms with van der Waals surface area (Å²) in [6.07, 6.45) is -2.07. The van der Waals surface area contributed by atoms with Crippen molar-refractivity contribution in [1.29, 1.82) is 0 Å². The number of hydrogen-bond donors (Lipinski definition) is 3. The number of carbonyl (C=O) groups is 2. The predicted molar refractivity (Wildman–Crippen MR) is 188 cm³/mol. The van der Waals surface area contributed by atoms with Crippen molar-refractivity contribution in [3.8, 4) is 17.2 Å². The van der Waals surface area contributed by atoms with Gasteiger partial charge in [0.15, 0.2) is 17.8 Å². The van der Waals surface area contributed by atoms with E-state index in [9.17, 15) is 23.1 Å². The third kappa shape index (κ3) is 10.9. The topological polar surface area (TPSA) is 180 Å². The number of benzene rings is 2. The van der Waals surface area contributed by atoms with Crippen molar-refractivity contribution in [1.82, 2.24) is 14.9 Å². The fourth-order valence-electron chi connectivity index (χ4n) is 6.10. The van der Waals surface area contributed by atoms with Crippen LogP contribution in [-0.4, -0.2) is 106 Å². The number of fused-ring (bicyclic) bond motifs is 2. The Hall–Kier alpha value is -3.83. The summed E-state index contributed by atoms with van der Waals surface area (Å²) in [6.45, 7) is 10.4. The van der Waals surface area contributed by atoms with Gasteiger partial charge >= 0.3 is 12.2 Å². The fourth-order valence-corrected chi connectivity index (χ4v) is 7.73. The standard InChI is InChI=1S/C36H51N3O12S/c1-23(2)19-39(52(43,44)26-11-12-30-31(18-26)49-22-48-30)20-29(40)28(38-35(42)50-32-21-47-33-27(32)13-16-46-33)17-24-7-9-25(10-8-24)45-15-6-14-37-34(41)51-36(3,4)5/h7-12,18,23,27-29,32-33,40H,6,13-17,19-22H2,1-5H3,(H,37,41)(H,38,42). The molecule has 16 heteroatoms. The van der Waals surface area contributed by atoms with Gasteiger partial charge in [-0.05, 0) is 75.8 Å². The molecule has 3 N–H and O–H groups in total. The normalized spacial score (nSPS) is 20.7. The third-order valence-corrected chi connectivity index (χ3v) is 10.4. The molecule has 3 aliphatic heterocycles. The molecule has 0 spiro atoms. The summed E-state index contributed by atoms with van der Waals surface area (Å²) < 4.78 is 67.8. The first-order valence-electron chi connectivity index (χ1n) is 17.6. The molecule has 5 rings (SSSR count). The zero-order valence-electron chi connectivity index (χ0n) is 30.4. The minimum atomic E-state index is -4.09. The summed E-state index contributed by atoms with van der Waals surface area (Å²) in [5.41, 5.74) is 0.178. The maximum Gasteiger partial charge on any atom is 0.407 e. The molecular weight excluding hydrogens is 698 g/mol. The highest BCUT2D eigenvalue weighted by Crippen LogP contribution is 2.35. The van der Waals surface area contributed by atoms with E-state index in [-0.39, 0.29) is 49.6 Å². The van der Waals surface area contributed by atoms with Crippen LogP contribution in [0.3, 0.4) is 0 Å². The molecule has 0 radical (unpaired) electrons. The minimum absolute atomic E-state index is 0.000649. The largest absolute Gasteiger partial charge is 0.494 e. The number of ether oxygens (including phenoxy) is 7. The Morgan fingerprint density at radius 2 is 1.77 bits per heavy atom. The number of nitrogens with one attached hydrogen (secondary N) is 2. The molecule has 52 heavy (non-hydrogen) atoms. The second kappa shape index (κ2) is 17.3. The second-order valence-electron chi connectivity index (χ2n) is 14.5. The molecule has 288 valence electrons. The van der Waals surface area contributed by atoms with Crippen LogP contribution >= 0.6 is 0 Å². The van der Waals surface area contributed by atoms with Crippen LogP contribution in [0.5, 0.6) is 17.2 Å². The molecule has 3 aliphatic rings. The molecule has 0 saturated carbocycles. The van der Waals surface area contributed by atoms with Gasteiger partial charge in [-0.3, -0.25) is 0 Å². The van der Waals surface area contributed by atoms with Gasteiger partial charge in [-0.15, -0.1) is 0 Å². The van der Waals surface area contributed by atoms with Crippen molar-refractivity contribution in [2.24, 2.45) is 11.8 Å². The Labute approximate surface area is 305 Å². The summed E-state index contributed by atoms with van der Waals surface area (Å²) in [4.78, 5) is 25.1. The van der Waals surface area contributed by atoms with Crippen LogP contribution in [0.25, 0.3) is 0 Å². The van der Waals surface area contributed by atoms with E-state index in [4.69, 9.17) is 33.2 Å². The number of carbonyl (C=O) groups excluding carboxylic acids is 2. The monoisotopic (exact) mass is 749 g/mol. The van der Waals surface area contributed by atoms with Crippen LogP contribution in [0.1, 0.15) is 53.0 Å². The highest BCUT2D eigenvalue weighted by atomic mass is 32.2. The zero-order chi connectivity index (χ0) is 37.5. The van der Waals surface area contributed by atoms with Crippen molar-refractivity contribution in [3.05, 3.63) is 48.0 Å². The van der Waals surface area contributed by atoms with Crippen molar-refractivity contribution in [3.63, 3.8) is 0 Å². The summed E-state index contributed by atoms with van der Waals surface area (Å²) in [7, 11) is -4.09. The number of aliphatic hydroxyl groups is 1. The number of nitrogens with zero attached hydrogens (tertiary/aromatic N) is 1. The van der Waals surface area contributed by atoms with Crippen LogP contribution in [0, 0.1) is 11.8 Å². The minimum Gasteiger partial charge on any atom is -0.494 e. The highest BCUT2D eigenvalue weighted by Gasteiger charge is 2.44. The molecule has 5 atom stereocenters. The molecule has 0 aliphatic carbocycles. The Morgan fingerprint density at radius 3 is 2.50 bits per heavy atom. The van der Waals surface area contributed by atoms with Crippen molar-refractivity contribution in [2.75, 3.05) is 46.2 Å². The number of aliphatic hydroxyl groups excluding tert-OH is 1. The van der Waals surface area contributed by atoms with E-state index < -0.39 is 52.4 Å². The zero-order valence-corrected chi connectivity index (χ0v) is 31.2. The average molecular weight is 750 g/mol. The number of amides is 2. The Morgan fingerprint density at radius 1 is 1.02 bits per heavy atom. The van der Waals surface area contributed by atoms with Gasteiger partial charge in [-0.1, -0.05) is 26.0 Å². The summed E-state index contributed by atoms with van der Waals surface area (Å²) in [6, 6.07) is 10.6. The van der Waals surface area contributed by atoms with E-state index in [2.05, 4.69) is 10.6 Å². The number of alkyl carbamates (subject to hydrolysis) is 2. The summed E-state index contributed by atoms with van der Waals surface area (Å²) >= 11 is 0. The Bertz CT molecular complexity index is 1620. The molecule has 2 amide bonds. The van der Waals surface area contributed by atoms with E-state index in [0.717, 1.165) is 5.56 Å². The summed E-state index contributed by atoms with van der Waals surface area (Å²) in [5.74, 6) is 1.22. The maximum absolute atomic E-state index is 13.9. The second-order valence-corrected chi connectivity index (χ2v) is 16.4. The molecule has 15 nitrogen and oxygen atoms in total. The molecule has 2 aromatic carbocycles. The first-order chi connectivity index (χ1) is 24.7. The van der Waals surface area contributed by atoms with E-state index in [1.165, 1.54) is 16.4 Å². The number of rotatable bonds is 16. The highest BCUT2D eigenvalue weighted by molar-refractivity contribution is 7.89. The molecule has 2 fully saturated rings. The van der Waals surface area contributed by atoms with Gasteiger partial charge in [0.05, 0.1) is 42.8 Å². The van der Waals surface area contributed by atoms with Crippen LogP contribution in [-0.2, 0) is 35.4 Å². The van der Waals surface area contributed by atoms with E-state index in [1.54, 1.807) is 39.0 Å². The van der Waals surface area contributed by atoms with Gasteiger partial charge in [0.25, 0.3) is 0 Å². The van der Waals surface area contributed by atoms with Gasteiger partial charge in [0.2, 0.25) is 16.8 Å². The molecule has 0 aromatic heterocycles.